The van der Waals surface area contributed by atoms with Crippen molar-refractivity contribution in [1.82, 2.24) is 14.9 Å². The van der Waals surface area contributed by atoms with Crippen molar-refractivity contribution in [3.05, 3.63) is 70.4 Å². The van der Waals surface area contributed by atoms with Crippen LogP contribution in [0.2, 0.25) is 0 Å². The Morgan fingerprint density at radius 2 is 2.05 bits per heavy atom. The topological polar surface area (TPSA) is 50.1 Å². The van der Waals surface area contributed by atoms with E-state index in [1.807, 2.05) is 48.8 Å². The van der Waals surface area contributed by atoms with Gasteiger partial charge in [0.2, 0.25) is 0 Å². The molecule has 0 bridgehead atoms. The van der Waals surface area contributed by atoms with Crippen molar-refractivity contribution in [2.24, 2.45) is 0 Å². The number of nitrogens with zero attached hydrogens (tertiary/aromatic N) is 2. The molecule has 3 rings (SSSR count). The van der Waals surface area contributed by atoms with Crippen molar-refractivity contribution in [3.63, 3.8) is 0 Å². The van der Waals surface area contributed by atoms with Crippen LogP contribution in [0.1, 0.15) is 22.5 Å². The standard InChI is InChI=1S/C17H19N3OS/c1-13-19-11-15(20(13)14-6-3-2-4-7-14)10-18-12-16(21)17-8-5-9-22-17/h2-9,11,16,18,21H,10,12H2,1H3/t16-/m1/s1. The highest BCUT2D eigenvalue weighted by Crippen LogP contribution is 2.18. The molecule has 0 saturated carbocycles. The van der Waals surface area contributed by atoms with Crippen molar-refractivity contribution in [2.45, 2.75) is 19.6 Å². The number of aromatic nitrogens is 2. The highest BCUT2D eigenvalue weighted by atomic mass is 32.1. The maximum atomic E-state index is 10.1. The van der Waals surface area contributed by atoms with Crippen LogP contribution in [0, 0.1) is 6.92 Å². The molecule has 1 atom stereocenters. The molecule has 0 saturated heterocycles. The summed E-state index contributed by atoms with van der Waals surface area (Å²) in [6.45, 7) is 3.19. The number of nitrogens with one attached hydrogen (secondary N) is 1. The summed E-state index contributed by atoms with van der Waals surface area (Å²) in [5.41, 5.74) is 2.19. The molecule has 22 heavy (non-hydrogen) atoms. The Hall–Kier alpha value is -1.95. The van der Waals surface area contributed by atoms with Gasteiger partial charge in [0.15, 0.2) is 0 Å². The summed E-state index contributed by atoms with van der Waals surface area (Å²) in [5.74, 6) is 0.960. The second-order valence-corrected chi connectivity index (χ2v) is 6.11. The van der Waals surface area contributed by atoms with Gasteiger partial charge in [-0.25, -0.2) is 4.98 Å². The second kappa shape index (κ2) is 6.87. The van der Waals surface area contributed by atoms with E-state index in [1.54, 1.807) is 11.3 Å². The van der Waals surface area contributed by atoms with Gasteiger partial charge in [0, 0.05) is 23.7 Å². The number of hydrogen-bond donors (Lipinski definition) is 2. The molecule has 0 aliphatic carbocycles. The van der Waals surface area contributed by atoms with Gasteiger partial charge in [-0.05, 0) is 30.5 Å². The lowest BCUT2D eigenvalue weighted by molar-refractivity contribution is 0.178. The molecular weight excluding hydrogens is 294 g/mol. The zero-order chi connectivity index (χ0) is 15.4. The average Bonchev–Trinajstić information content (AvgIpc) is 3.18. The molecule has 0 aliphatic rings. The molecule has 114 valence electrons. The van der Waals surface area contributed by atoms with Gasteiger partial charge >= 0.3 is 0 Å². The summed E-state index contributed by atoms with van der Waals surface area (Å²) in [6.07, 6.45) is 1.42. The summed E-state index contributed by atoms with van der Waals surface area (Å²) < 4.78 is 2.13. The Kier molecular flexibility index (Phi) is 4.68. The third-order valence-electron chi connectivity index (χ3n) is 3.54. The fraction of sp³-hybridized carbons (Fsp3) is 0.235. The van der Waals surface area contributed by atoms with Crippen LogP contribution in [0.25, 0.3) is 5.69 Å². The summed E-state index contributed by atoms with van der Waals surface area (Å²) in [5, 5.41) is 15.4. The summed E-state index contributed by atoms with van der Waals surface area (Å²) in [7, 11) is 0. The van der Waals surface area contributed by atoms with E-state index in [9.17, 15) is 5.11 Å². The maximum Gasteiger partial charge on any atom is 0.110 e. The van der Waals surface area contributed by atoms with Gasteiger partial charge in [0.25, 0.3) is 0 Å². The highest BCUT2D eigenvalue weighted by Gasteiger charge is 2.11. The Bertz CT molecular complexity index is 707. The molecule has 2 aromatic heterocycles. The Morgan fingerprint density at radius 1 is 1.23 bits per heavy atom. The number of aliphatic hydroxyl groups excluding tert-OH is 1. The van der Waals surface area contributed by atoms with E-state index in [-0.39, 0.29) is 0 Å². The molecule has 3 aromatic rings. The van der Waals surface area contributed by atoms with Crippen LogP contribution in [0.3, 0.4) is 0 Å². The normalized spacial score (nSPS) is 12.5. The number of rotatable bonds is 6. The first-order valence-electron chi connectivity index (χ1n) is 7.26. The largest absolute Gasteiger partial charge is 0.386 e. The molecule has 1 aromatic carbocycles. The summed E-state index contributed by atoms with van der Waals surface area (Å²) >= 11 is 1.57. The smallest absolute Gasteiger partial charge is 0.110 e. The van der Waals surface area contributed by atoms with Crippen molar-refractivity contribution in [3.8, 4) is 5.69 Å². The molecular formula is C17H19N3OS. The minimum atomic E-state index is -0.464. The number of aryl methyl sites for hydroxylation is 1. The lowest BCUT2D eigenvalue weighted by Gasteiger charge is -2.13. The zero-order valence-corrected chi connectivity index (χ0v) is 13.3. The predicted octanol–water partition coefficient (Wildman–Crippen LogP) is 3.07. The molecule has 0 spiro atoms. The lowest BCUT2D eigenvalue weighted by atomic mass is 10.3. The third kappa shape index (κ3) is 3.27. The molecule has 5 heteroatoms. The quantitative estimate of drug-likeness (QED) is 0.735. The number of thiophene rings is 1. The van der Waals surface area contributed by atoms with E-state index in [0.717, 1.165) is 22.1 Å². The molecule has 0 unspecified atom stereocenters. The fourth-order valence-corrected chi connectivity index (χ4v) is 3.18. The van der Waals surface area contributed by atoms with Gasteiger partial charge in [-0.3, -0.25) is 4.57 Å². The van der Waals surface area contributed by atoms with Crippen molar-refractivity contribution in [1.29, 1.82) is 0 Å². The van der Waals surface area contributed by atoms with Gasteiger partial charge < -0.3 is 10.4 Å². The molecule has 0 aliphatic heterocycles. The van der Waals surface area contributed by atoms with Crippen molar-refractivity contribution in [2.75, 3.05) is 6.54 Å². The van der Waals surface area contributed by atoms with Crippen molar-refractivity contribution < 1.29 is 5.11 Å². The predicted molar refractivity (Wildman–Crippen MR) is 89.3 cm³/mol. The monoisotopic (exact) mass is 313 g/mol. The van der Waals surface area contributed by atoms with E-state index in [1.165, 1.54) is 0 Å². The van der Waals surface area contributed by atoms with Gasteiger partial charge in [-0.15, -0.1) is 11.3 Å². The molecule has 2 N–H and O–H groups in total. The molecule has 4 nitrogen and oxygen atoms in total. The first-order valence-corrected chi connectivity index (χ1v) is 8.14. The number of para-hydroxylation sites is 1. The molecule has 0 amide bonds. The number of aliphatic hydroxyl groups is 1. The first-order chi connectivity index (χ1) is 10.8. The van der Waals surface area contributed by atoms with E-state index in [2.05, 4.69) is 27.0 Å². The number of hydrogen-bond acceptors (Lipinski definition) is 4. The van der Waals surface area contributed by atoms with Crippen LogP contribution in [-0.2, 0) is 6.54 Å². The van der Waals surface area contributed by atoms with E-state index < -0.39 is 6.10 Å². The Balaban J connectivity index is 1.66. The number of benzene rings is 1. The van der Waals surface area contributed by atoms with Crippen LogP contribution >= 0.6 is 11.3 Å². The highest BCUT2D eigenvalue weighted by molar-refractivity contribution is 7.10. The van der Waals surface area contributed by atoms with Crippen LogP contribution in [0.4, 0.5) is 0 Å². The van der Waals surface area contributed by atoms with Crippen LogP contribution in [-0.4, -0.2) is 21.2 Å². The minimum Gasteiger partial charge on any atom is -0.386 e. The van der Waals surface area contributed by atoms with E-state index in [0.29, 0.717) is 13.1 Å². The Labute approximate surface area is 134 Å². The van der Waals surface area contributed by atoms with Gasteiger partial charge in [-0.2, -0.15) is 0 Å². The fourth-order valence-electron chi connectivity index (χ4n) is 2.46. The average molecular weight is 313 g/mol. The third-order valence-corrected chi connectivity index (χ3v) is 4.51. The summed E-state index contributed by atoms with van der Waals surface area (Å²) in [6, 6.07) is 14.1. The van der Waals surface area contributed by atoms with Gasteiger partial charge in [0.1, 0.15) is 11.9 Å². The van der Waals surface area contributed by atoms with Crippen LogP contribution in [0.5, 0.6) is 0 Å². The molecule has 0 radical (unpaired) electrons. The van der Waals surface area contributed by atoms with Crippen molar-refractivity contribution >= 4 is 11.3 Å². The lowest BCUT2D eigenvalue weighted by Crippen LogP contribution is -2.22. The molecule has 0 fully saturated rings. The van der Waals surface area contributed by atoms with E-state index >= 15 is 0 Å². The van der Waals surface area contributed by atoms with Gasteiger partial charge in [0.05, 0.1) is 11.9 Å². The van der Waals surface area contributed by atoms with Crippen LogP contribution < -0.4 is 5.32 Å². The second-order valence-electron chi connectivity index (χ2n) is 5.13. The van der Waals surface area contributed by atoms with Crippen LogP contribution in [0.15, 0.2) is 54.0 Å². The minimum absolute atomic E-state index is 0.464. The Morgan fingerprint density at radius 3 is 2.77 bits per heavy atom. The SMILES string of the molecule is Cc1ncc(CNC[C@@H](O)c2cccs2)n1-c1ccccc1. The van der Waals surface area contributed by atoms with Gasteiger partial charge in [-0.1, -0.05) is 24.3 Å². The molecule has 2 heterocycles. The van der Waals surface area contributed by atoms with E-state index in [4.69, 9.17) is 0 Å². The number of imidazole rings is 1. The first kappa shape index (κ1) is 15.0. The zero-order valence-electron chi connectivity index (χ0n) is 12.4. The summed E-state index contributed by atoms with van der Waals surface area (Å²) in [4.78, 5) is 5.39. The maximum absolute atomic E-state index is 10.1.